The van der Waals surface area contributed by atoms with Gasteiger partial charge in [0, 0.05) is 24.3 Å². The smallest absolute Gasteiger partial charge is 0.255 e. The number of benzene rings is 6. The highest BCUT2D eigenvalue weighted by atomic mass is 79.9. The summed E-state index contributed by atoms with van der Waals surface area (Å²) in [5.41, 5.74) is 21.9. The molecule has 62 heavy (non-hydrogen) atoms. The molecule has 6 aromatic carbocycles. The predicted molar refractivity (Wildman–Crippen MR) is 240 cm³/mol. The van der Waals surface area contributed by atoms with Gasteiger partial charge in [-0.15, -0.1) is 0 Å². The zero-order chi connectivity index (χ0) is 42.1. The molecule has 0 aliphatic rings. The van der Waals surface area contributed by atoms with Crippen LogP contribution in [0, 0.1) is 83.1 Å². The second kappa shape index (κ2) is 19.2. The lowest BCUT2D eigenvalue weighted by molar-refractivity contribution is -0.569. The van der Waals surface area contributed by atoms with Crippen molar-refractivity contribution in [3.63, 3.8) is 0 Å². The minimum absolute atomic E-state index is 0. The van der Waals surface area contributed by atoms with Crippen LogP contribution in [-0.4, -0.2) is 40.5 Å². The molecule has 328 valence electrons. The Kier molecular flexibility index (Phi) is 15.7. The third kappa shape index (κ3) is 9.10. The van der Waals surface area contributed by atoms with Gasteiger partial charge in [-0.3, -0.25) is 0 Å². The van der Waals surface area contributed by atoms with Crippen molar-refractivity contribution in [1.29, 1.82) is 0 Å². The van der Waals surface area contributed by atoms with Gasteiger partial charge < -0.3 is 65.3 Å². The van der Waals surface area contributed by atoms with Gasteiger partial charge in [-0.1, -0.05) is 70.8 Å². The SMILES string of the molecule is Cc1cc(C)c(-n2c[n+](-c3c(C)cc(C)cc3C)c3cc(O)c(O)cc32)c(C)c1.Cc1cc(C)c(-n2c[n+](-c3c(C)cc(C)cc3C)c3cc(O)c(O)cc32)c(C)c1.O.O.[Br-].[Br-]. The average molecular weight is 971 g/mol. The monoisotopic (exact) mass is 968 g/mol. The molecule has 8 N–H and O–H groups in total. The number of nitrogens with zero attached hydrogens (tertiary/aromatic N) is 4. The number of phenolic OH excluding ortho intramolecular Hbond substituents is 4. The van der Waals surface area contributed by atoms with Crippen LogP contribution in [0.15, 0.2) is 85.5 Å². The molecule has 0 spiro atoms. The molecule has 0 fully saturated rings. The van der Waals surface area contributed by atoms with Gasteiger partial charge in [-0.25, -0.2) is 0 Å². The van der Waals surface area contributed by atoms with Crippen molar-refractivity contribution < 1.29 is 74.5 Å². The molecular formula is C50H58Br2N4O6. The fourth-order valence-corrected chi connectivity index (χ4v) is 9.28. The number of rotatable bonds is 4. The highest BCUT2D eigenvalue weighted by Crippen LogP contribution is 2.35. The van der Waals surface area contributed by atoms with E-state index < -0.39 is 0 Å². The van der Waals surface area contributed by atoms with Crippen LogP contribution in [0.2, 0.25) is 0 Å². The van der Waals surface area contributed by atoms with Gasteiger partial charge in [0.2, 0.25) is 0 Å². The maximum atomic E-state index is 10.2. The number of halogens is 2. The van der Waals surface area contributed by atoms with Gasteiger partial charge in [0.25, 0.3) is 12.7 Å². The normalized spacial score (nSPS) is 10.6. The molecule has 0 amide bonds. The van der Waals surface area contributed by atoms with Crippen molar-refractivity contribution in [2.45, 2.75) is 83.1 Å². The van der Waals surface area contributed by atoms with Crippen molar-refractivity contribution in [3.05, 3.63) is 152 Å². The van der Waals surface area contributed by atoms with Crippen LogP contribution >= 0.6 is 0 Å². The second-order valence-corrected chi connectivity index (χ2v) is 16.4. The lowest BCUT2D eigenvalue weighted by Gasteiger charge is -2.09. The van der Waals surface area contributed by atoms with E-state index in [0.717, 1.165) is 89.3 Å². The van der Waals surface area contributed by atoms with Crippen LogP contribution in [0.25, 0.3) is 44.8 Å². The topological polar surface area (TPSA) is 162 Å². The molecule has 0 aliphatic heterocycles. The molecule has 2 aromatic heterocycles. The fourth-order valence-electron chi connectivity index (χ4n) is 9.28. The summed E-state index contributed by atoms with van der Waals surface area (Å²) in [5.74, 6) is -0.486. The summed E-state index contributed by atoms with van der Waals surface area (Å²) in [6.45, 7) is 25.2. The van der Waals surface area contributed by atoms with E-state index in [4.69, 9.17) is 0 Å². The maximum Gasteiger partial charge on any atom is 0.255 e. The standard InChI is InChI=1S/2C25H26N2O2.2BrH.2H2O/c2*1-14-7-16(3)24(17(4)8-14)26-13-27(21-12-23(29)22(28)11-20(21)26)25-18(5)9-15(2)10-19(25)6;;;;/h2*7-13H,1-6H3,(H-,28,29);2*1H;2*1H2. The van der Waals surface area contributed by atoms with E-state index in [0.29, 0.717) is 0 Å². The van der Waals surface area contributed by atoms with Gasteiger partial charge in [0.1, 0.15) is 22.7 Å². The Morgan fingerprint density at radius 2 is 0.565 bits per heavy atom. The van der Waals surface area contributed by atoms with E-state index >= 15 is 0 Å². The summed E-state index contributed by atoms with van der Waals surface area (Å²) in [6, 6.07) is 23.9. The fraction of sp³-hybridized carbons (Fsp3) is 0.240. The van der Waals surface area contributed by atoms with Crippen LogP contribution in [0.1, 0.15) is 66.8 Å². The molecule has 8 aromatic rings. The lowest BCUT2D eigenvalue weighted by Crippen LogP contribution is -3.00. The molecular weight excluding hydrogens is 912 g/mol. The first-order valence-corrected chi connectivity index (χ1v) is 19.6. The summed E-state index contributed by atoms with van der Waals surface area (Å²) >= 11 is 0. The molecule has 0 saturated heterocycles. The van der Waals surface area contributed by atoms with Crippen molar-refractivity contribution in [2.75, 3.05) is 0 Å². The largest absolute Gasteiger partial charge is 1.00 e. The van der Waals surface area contributed by atoms with E-state index in [2.05, 4.69) is 163 Å². The molecule has 0 unspecified atom stereocenters. The Bertz CT molecular complexity index is 2500. The maximum absolute atomic E-state index is 10.2. The van der Waals surface area contributed by atoms with Gasteiger partial charge in [-0.2, -0.15) is 18.3 Å². The summed E-state index contributed by atoms with van der Waals surface area (Å²) < 4.78 is 8.43. The van der Waals surface area contributed by atoms with Gasteiger partial charge in [0.15, 0.2) is 45.1 Å². The Morgan fingerprint density at radius 3 is 0.823 bits per heavy atom. The summed E-state index contributed by atoms with van der Waals surface area (Å²) in [4.78, 5) is 0. The van der Waals surface area contributed by atoms with Crippen LogP contribution in [0.4, 0.5) is 0 Å². The number of fused-ring (bicyclic) bond motifs is 2. The van der Waals surface area contributed by atoms with Crippen LogP contribution in [0.5, 0.6) is 23.0 Å². The highest BCUT2D eigenvalue weighted by molar-refractivity contribution is 5.81. The van der Waals surface area contributed by atoms with Crippen molar-refractivity contribution in [1.82, 2.24) is 9.13 Å². The first kappa shape index (κ1) is 50.7. The molecule has 8 rings (SSSR count). The molecule has 0 bridgehead atoms. The third-order valence-electron chi connectivity index (χ3n) is 11.1. The summed E-state index contributed by atoms with van der Waals surface area (Å²) in [7, 11) is 0. The van der Waals surface area contributed by atoms with Crippen molar-refractivity contribution in [3.8, 4) is 45.7 Å². The number of hydrogen-bond acceptors (Lipinski definition) is 4. The zero-order valence-corrected chi connectivity index (χ0v) is 40.6. The lowest BCUT2D eigenvalue weighted by atomic mass is 10.0. The Hall–Kier alpha value is -5.66. The average Bonchev–Trinajstić information content (AvgIpc) is 3.61. The number of hydrogen-bond donors (Lipinski definition) is 4. The first-order chi connectivity index (χ1) is 27.3. The third-order valence-corrected chi connectivity index (χ3v) is 11.1. The number of aromatic hydroxyl groups is 4. The van der Waals surface area contributed by atoms with Gasteiger partial charge >= 0.3 is 0 Å². The van der Waals surface area contributed by atoms with E-state index in [-0.39, 0.29) is 67.9 Å². The van der Waals surface area contributed by atoms with Crippen LogP contribution < -0.4 is 43.1 Å². The number of aryl methyl sites for hydroxylation is 12. The number of imidazole rings is 2. The molecule has 10 nitrogen and oxygen atoms in total. The van der Waals surface area contributed by atoms with Crippen molar-refractivity contribution >= 4 is 22.1 Å². The summed E-state index contributed by atoms with van der Waals surface area (Å²) in [5, 5.41) is 40.9. The first-order valence-electron chi connectivity index (χ1n) is 19.6. The van der Waals surface area contributed by atoms with E-state index in [9.17, 15) is 20.4 Å². The molecule has 0 atom stereocenters. The number of aromatic nitrogens is 4. The second-order valence-electron chi connectivity index (χ2n) is 16.4. The minimum atomic E-state index is -0.122. The molecule has 2 heterocycles. The van der Waals surface area contributed by atoms with Crippen molar-refractivity contribution in [2.24, 2.45) is 0 Å². The number of phenols is 4. The van der Waals surface area contributed by atoms with Gasteiger partial charge in [-0.05, 0) is 128 Å². The Morgan fingerprint density at radius 1 is 0.339 bits per heavy atom. The van der Waals surface area contributed by atoms with E-state index in [1.807, 2.05) is 0 Å². The van der Waals surface area contributed by atoms with Crippen LogP contribution in [-0.2, 0) is 0 Å². The Labute approximate surface area is 384 Å². The summed E-state index contributed by atoms with van der Waals surface area (Å²) in [6.07, 6.45) is 4.11. The predicted octanol–water partition coefficient (Wildman–Crippen LogP) is 2.70. The minimum Gasteiger partial charge on any atom is -1.00 e. The van der Waals surface area contributed by atoms with E-state index in [1.165, 1.54) is 22.3 Å². The highest BCUT2D eigenvalue weighted by Gasteiger charge is 2.27. The molecule has 12 heteroatoms. The quantitative estimate of drug-likeness (QED) is 0.158. The molecule has 0 saturated carbocycles. The molecule has 0 aliphatic carbocycles. The Balaban J connectivity index is 0.000000310. The van der Waals surface area contributed by atoms with Gasteiger partial charge in [0.05, 0.1) is 0 Å². The zero-order valence-electron chi connectivity index (χ0n) is 37.4. The molecule has 0 radical (unpaired) electrons. The van der Waals surface area contributed by atoms with Crippen LogP contribution in [0.3, 0.4) is 0 Å². The van der Waals surface area contributed by atoms with E-state index in [1.54, 1.807) is 24.3 Å².